The number of amides is 3. The van der Waals surface area contributed by atoms with E-state index < -0.39 is 18.0 Å². The van der Waals surface area contributed by atoms with Gasteiger partial charge in [-0.05, 0) is 29.3 Å². The molecule has 1 aromatic heterocycles. The Morgan fingerprint density at radius 1 is 0.914 bits per heavy atom. The number of alkyl carbamates (subject to hydrolysis) is 1. The van der Waals surface area contributed by atoms with E-state index in [2.05, 4.69) is 20.9 Å². The summed E-state index contributed by atoms with van der Waals surface area (Å²) in [7, 11) is 0. The topological polar surface area (TPSA) is 109 Å². The quantitative estimate of drug-likeness (QED) is 0.332. The molecule has 0 bridgehead atoms. The molecule has 0 saturated heterocycles. The van der Waals surface area contributed by atoms with Crippen LogP contribution in [0.1, 0.15) is 18.1 Å². The molecule has 0 aliphatic heterocycles. The molecule has 3 N–H and O–H groups in total. The Labute approximate surface area is 206 Å². The summed E-state index contributed by atoms with van der Waals surface area (Å²) in [6.45, 7) is 1.54. The standard InChI is InChI=1S/C26H24N4O4S/c1-17(31)27-20-12-13-21-23(15-20)35-25(28-21)30-24(32)22(14-18-8-4-2-5-9-18)29-26(33)34-16-19-10-6-3-7-11-19/h2-13,15,22H,14,16H2,1H3,(H,27,31)(H,29,33)(H,28,30,32)/t22-/m0/s1. The molecule has 0 radical (unpaired) electrons. The summed E-state index contributed by atoms with van der Waals surface area (Å²) in [5, 5.41) is 8.60. The van der Waals surface area contributed by atoms with E-state index in [0.717, 1.165) is 15.8 Å². The Morgan fingerprint density at radius 2 is 1.60 bits per heavy atom. The number of fused-ring (bicyclic) bond motifs is 1. The number of aromatic nitrogens is 1. The van der Waals surface area contributed by atoms with Gasteiger partial charge in [-0.1, -0.05) is 72.0 Å². The van der Waals surface area contributed by atoms with Crippen molar-refractivity contribution in [2.75, 3.05) is 10.6 Å². The van der Waals surface area contributed by atoms with E-state index in [1.54, 1.807) is 18.2 Å². The molecular weight excluding hydrogens is 464 g/mol. The summed E-state index contributed by atoms with van der Waals surface area (Å²) >= 11 is 1.28. The Kier molecular flexibility index (Phi) is 7.69. The zero-order chi connectivity index (χ0) is 24.6. The molecule has 0 saturated carbocycles. The monoisotopic (exact) mass is 488 g/mol. The highest BCUT2D eigenvalue weighted by Crippen LogP contribution is 2.28. The number of benzene rings is 3. The van der Waals surface area contributed by atoms with Crippen molar-refractivity contribution in [2.24, 2.45) is 0 Å². The van der Waals surface area contributed by atoms with Gasteiger partial charge in [-0.2, -0.15) is 0 Å². The van der Waals surface area contributed by atoms with E-state index in [1.807, 2.05) is 60.7 Å². The molecule has 0 fully saturated rings. The lowest BCUT2D eigenvalue weighted by molar-refractivity contribution is -0.118. The molecule has 3 amide bonds. The van der Waals surface area contributed by atoms with Crippen molar-refractivity contribution in [3.05, 3.63) is 90.0 Å². The first-order valence-corrected chi connectivity index (χ1v) is 11.8. The average molecular weight is 489 g/mol. The number of anilines is 2. The Morgan fingerprint density at radius 3 is 2.29 bits per heavy atom. The minimum atomic E-state index is -0.873. The number of carbonyl (C=O) groups is 3. The fourth-order valence-electron chi connectivity index (χ4n) is 3.42. The van der Waals surface area contributed by atoms with E-state index in [-0.39, 0.29) is 18.9 Å². The predicted octanol–water partition coefficient (Wildman–Crippen LogP) is 4.73. The van der Waals surface area contributed by atoms with Crippen LogP contribution in [0, 0.1) is 0 Å². The lowest BCUT2D eigenvalue weighted by Gasteiger charge is -2.18. The van der Waals surface area contributed by atoms with Crippen molar-refractivity contribution >= 4 is 50.3 Å². The predicted molar refractivity (Wildman–Crippen MR) is 136 cm³/mol. The van der Waals surface area contributed by atoms with Crippen LogP contribution in [0.4, 0.5) is 15.6 Å². The molecule has 178 valence electrons. The van der Waals surface area contributed by atoms with Crippen LogP contribution in [0.3, 0.4) is 0 Å². The van der Waals surface area contributed by atoms with E-state index >= 15 is 0 Å². The number of hydrogen-bond acceptors (Lipinski definition) is 6. The number of carbonyl (C=O) groups excluding carboxylic acids is 3. The first kappa shape index (κ1) is 23.9. The first-order chi connectivity index (χ1) is 17.0. The third-order valence-corrected chi connectivity index (χ3v) is 5.98. The molecule has 0 spiro atoms. The van der Waals surface area contributed by atoms with Crippen LogP contribution >= 0.6 is 11.3 Å². The van der Waals surface area contributed by atoms with Gasteiger partial charge in [0.15, 0.2) is 5.13 Å². The van der Waals surface area contributed by atoms with Gasteiger partial charge in [0, 0.05) is 19.0 Å². The fourth-order valence-corrected chi connectivity index (χ4v) is 4.33. The van der Waals surface area contributed by atoms with Crippen molar-refractivity contribution in [1.82, 2.24) is 10.3 Å². The van der Waals surface area contributed by atoms with Crippen molar-refractivity contribution in [3.63, 3.8) is 0 Å². The van der Waals surface area contributed by atoms with Crippen LogP contribution in [0.15, 0.2) is 78.9 Å². The maximum atomic E-state index is 13.1. The lowest BCUT2D eigenvalue weighted by Crippen LogP contribution is -2.45. The summed E-state index contributed by atoms with van der Waals surface area (Å²) in [6.07, 6.45) is -0.404. The van der Waals surface area contributed by atoms with Gasteiger partial charge in [0.2, 0.25) is 11.8 Å². The normalized spacial score (nSPS) is 11.5. The second-order valence-corrected chi connectivity index (χ2v) is 8.85. The first-order valence-electron chi connectivity index (χ1n) is 11.0. The highest BCUT2D eigenvalue weighted by atomic mass is 32.1. The van der Waals surface area contributed by atoms with Gasteiger partial charge in [-0.3, -0.25) is 9.59 Å². The van der Waals surface area contributed by atoms with Crippen LogP contribution in [-0.2, 0) is 27.4 Å². The Hall–Kier alpha value is -4.24. The van der Waals surface area contributed by atoms with Gasteiger partial charge in [0.25, 0.3) is 0 Å². The summed E-state index contributed by atoms with van der Waals surface area (Å²) in [4.78, 5) is 41.4. The maximum Gasteiger partial charge on any atom is 0.408 e. The molecule has 1 atom stereocenters. The minimum absolute atomic E-state index is 0.0981. The van der Waals surface area contributed by atoms with E-state index in [9.17, 15) is 14.4 Å². The van der Waals surface area contributed by atoms with Crippen LogP contribution < -0.4 is 16.0 Å². The third-order valence-electron chi connectivity index (χ3n) is 5.04. The van der Waals surface area contributed by atoms with Crippen LogP contribution in [0.2, 0.25) is 0 Å². The maximum absolute atomic E-state index is 13.1. The SMILES string of the molecule is CC(=O)Nc1ccc2nc(NC(=O)[C@H](Cc3ccccc3)NC(=O)OCc3ccccc3)sc2c1. The van der Waals surface area contributed by atoms with E-state index in [0.29, 0.717) is 16.3 Å². The molecule has 4 aromatic rings. The van der Waals surface area contributed by atoms with Gasteiger partial charge in [-0.25, -0.2) is 9.78 Å². The van der Waals surface area contributed by atoms with E-state index in [1.165, 1.54) is 18.3 Å². The van der Waals surface area contributed by atoms with Gasteiger partial charge >= 0.3 is 6.09 Å². The zero-order valence-electron chi connectivity index (χ0n) is 19.0. The zero-order valence-corrected chi connectivity index (χ0v) is 19.8. The summed E-state index contributed by atoms with van der Waals surface area (Å²) in [5.41, 5.74) is 3.07. The molecule has 4 rings (SSSR count). The molecule has 35 heavy (non-hydrogen) atoms. The van der Waals surface area contributed by atoms with Crippen molar-refractivity contribution < 1.29 is 19.1 Å². The Balaban J connectivity index is 1.46. The second-order valence-electron chi connectivity index (χ2n) is 7.82. The number of nitrogens with zero attached hydrogens (tertiary/aromatic N) is 1. The van der Waals surface area contributed by atoms with Gasteiger partial charge in [0.05, 0.1) is 10.2 Å². The highest BCUT2D eigenvalue weighted by molar-refractivity contribution is 7.22. The van der Waals surface area contributed by atoms with Crippen LogP contribution in [-0.4, -0.2) is 28.9 Å². The number of hydrogen-bond donors (Lipinski definition) is 3. The molecule has 0 aliphatic carbocycles. The van der Waals surface area contributed by atoms with Gasteiger partial charge < -0.3 is 20.7 Å². The van der Waals surface area contributed by atoms with E-state index in [4.69, 9.17) is 4.74 Å². The fraction of sp³-hybridized carbons (Fsp3) is 0.154. The highest BCUT2D eigenvalue weighted by Gasteiger charge is 2.23. The summed E-state index contributed by atoms with van der Waals surface area (Å²) < 4.78 is 6.12. The minimum Gasteiger partial charge on any atom is -0.445 e. The smallest absolute Gasteiger partial charge is 0.408 e. The van der Waals surface area contributed by atoms with Crippen molar-refractivity contribution in [1.29, 1.82) is 0 Å². The number of rotatable bonds is 8. The summed E-state index contributed by atoms with van der Waals surface area (Å²) in [5.74, 6) is -0.581. The van der Waals surface area contributed by atoms with Gasteiger partial charge in [0.1, 0.15) is 12.6 Å². The van der Waals surface area contributed by atoms with Crippen LogP contribution in [0.5, 0.6) is 0 Å². The molecule has 3 aromatic carbocycles. The Bertz CT molecular complexity index is 1330. The largest absolute Gasteiger partial charge is 0.445 e. The number of thiazole rings is 1. The molecule has 0 aliphatic rings. The molecule has 8 nitrogen and oxygen atoms in total. The summed E-state index contributed by atoms with van der Waals surface area (Å²) in [6, 6.07) is 23.2. The number of ether oxygens (including phenoxy) is 1. The molecular formula is C26H24N4O4S. The second kappa shape index (κ2) is 11.3. The van der Waals surface area contributed by atoms with Gasteiger partial charge in [-0.15, -0.1) is 0 Å². The third kappa shape index (κ3) is 6.87. The van der Waals surface area contributed by atoms with Crippen LogP contribution in [0.25, 0.3) is 10.2 Å². The molecule has 1 heterocycles. The van der Waals surface area contributed by atoms with Crippen molar-refractivity contribution in [3.8, 4) is 0 Å². The average Bonchev–Trinajstić information content (AvgIpc) is 3.24. The lowest BCUT2D eigenvalue weighted by atomic mass is 10.1. The molecule has 0 unspecified atom stereocenters. The number of nitrogens with one attached hydrogen (secondary N) is 3. The van der Waals surface area contributed by atoms with Crippen molar-refractivity contribution in [2.45, 2.75) is 26.0 Å². The molecule has 9 heteroatoms.